The molecule has 2 rings (SSSR count). The lowest BCUT2D eigenvalue weighted by Crippen LogP contribution is -2.28. The number of benzene rings is 1. The summed E-state index contributed by atoms with van der Waals surface area (Å²) in [4.78, 5) is 0.986. The number of nitrogens with two attached hydrogens (primary N) is 1. The topological polar surface area (TPSA) is 72.2 Å². The van der Waals surface area contributed by atoms with E-state index >= 15 is 0 Å². The van der Waals surface area contributed by atoms with Gasteiger partial charge in [-0.15, -0.1) is 11.3 Å². The van der Waals surface area contributed by atoms with E-state index < -0.39 is 10.0 Å². The maximum absolute atomic E-state index is 12.5. The highest BCUT2D eigenvalue weighted by Crippen LogP contribution is 2.29. The second kappa shape index (κ2) is 6.36. The molecule has 0 aliphatic carbocycles. The fourth-order valence-electron chi connectivity index (χ4n) is 1.96. The molecule has 0 saturated heterocycles. The molecule has 1 unspecified atom stereocenters. The number of sulfonamides is 1. The second-order valence-electron chi connectivity index (χ2n) is 4.74. The van der Waals surface area contributed by atoms with Gasteiger partial charge in [-0.2, -0.15) is 0 Å². The van der Waals surface area contributed by atoms with Gasteiger partial charge in [0.2, 0.25) is 10.0 Å². The van der Waals surface area contributed by atoms with Crippen LogP contribution in [0.25, 0.3) is 0 Å². The molecule has 114 valence electrons. The van der Waals surface area contributed by atoms with Gasteiger partial charge in [-0.3, -0.25) is 0 Å². The van der Waals surface area contributed by atoms with Crippen molar-refractivity contribution in [2.75, 3.05) is 5.73 Å². The zero-order valence-electron chi connectivity index (χ0n) is 11.8. The fourth-order valence-corrected chi connectivity index (χ4v) is 4.81. The van der Waals surface area contributed by atoms with Crippen molar-refractivity contribution in [1.82, 2.24) is 4.72 Å². The molecule has 1 aromatic carbocycles. The standard InChI is InChI=1S/C14H17ClN2O2S2/c1-3-12(13-5-4-6-20-13)17-21(18,19)14-8-11(16)9(2)7-10(14)15/h4-8,12,17H,3,16H2,1-2H3. The monoisotopic (exact) mass is 344 g/mol. The summed E-state index contributed by atoms with van der Waals surface area (Å²) in [5.74, 6) is 0. The molecule has 0 bridgehead atoms. The Hall–Kier alpha value is -1.08. The van der Waals surface area contributed by atoms with Gasteiger partial charge in [0.1, 0.15) is 4.90 Å². The highest BCUT2D eigenvalue weighted by Gasteiger charge is 2.24. The van der Waals surface area contributed by atoms with Gasteiger partial charge in [-0.05, 0) is 42.5 Å². The zero-order valence-corrected chi connectivity index (χ0v) is 14.1. The van der Waals surface area contributed by atoms with Gasteiger partial charge in [0.05, 0.1) is 11.1 Å². The number of nitrogens with one attached hydrogen (secondary N) is 1. The third-order valence-electron chi connectivity index (χ3n) is 3.20. The second-order valence-corrected chi connectivity index (χ2v) is 7.81. The van der Waals surface area contributed by atoms with Crippen molar-refractivity contribution in [3.63, 3.8) is 0 Å². The van der Waals surface area contributed by atoms with E-state index in [0.717, 1.165) is 10.4 Å². The van der Waals surface area contributed by atoms with Crippen LogP contribution in [-0.4, -0.2) is 8.42 Å². The Morgan fingerprint density at radius 2 is 2.14 bits per heavy atom. The summed E-state index contributed by atoms with van der Waals surface area (Å²) in [5, 5.41) is 2.10. The minimum atomic E-state index is -3.72. The Kier molecular flexibility index (Phi) is 4.93. The van der Waals surface area contributed by atoms with E-state index in [1.54, 1.807) is 13.0 Å². The van der Waals surface area contributed by atoms with Crippen LogP contribution in [0.15, 0.2) is 34.5 Å². The highest BCUT2D eigenvalue weighted by molar-refractivity contribution is 7.89. The summed E-state index contributed by atoms with van der Waals surface area (Å²) in [5.41, 5.74) is 6.96. The summed E-state index contributed by atoms with van der Waals surface area (Å²) in [6.07, 6.45) is 0.651. The van der Waals surface area contributed by atoms with Crippen molar-refractivity contribution in [2.24, 2.45) is 0 Å². The Morgan fingerprint density at radius 3 is 2.71 bits per heavy atom. The van der Waals surface area contributed by atoms with Crippen molar-refractivity contribution >= 4 is 38.6 Å². The summed E-state index contributed by atoms with van der Waals surface area (Å²) in [6, 6.07) is 6.51. The molecule has 1 heterocycles. The van der Waals surface area contributed by atoms with Crippen LogP contribution in [-0.2, 0) is 10.0 Å². The summed E-state index contributed by atoms with van der Waals surface area (Å²) >= 11 is 7.58. The van der Waals surface area contributed by atoms with Gasteiger partial charge in [0, 0.05) is 10.6 Å². The predicted molar refractivity (Wildman–Crippen MR) is 88.3 cm³/mol. The van der Waals surface area contributed by atoms with E-state index in [4.69, 9.17) is 17.3 Å². The molecule has 1 aromatic heterocycles. The van der Waals surface area contributed by atoms with Crippen LogP contribution in [0.4, 0.5) is 5.69 Å². The van der Waals surface area contributed by atoms with Crippen LogP contribution in [0, 0.1) is 6.92 Å². The molecule has 3 N–H and O–H groups in total. The number of thiophene rings is 1. The van der Waals surface area contributed by atoms with Crippen LogP contribution >= 0.6 is 22.9 Å². The first kappa shape index (κ1) is 16.3. The van der Waals surface area contributed by atoms with E-state index in [2.05, 4.69) is 4.72 Å². The zero-order chi connectivity index (χ0) is 15.6. The van der Waals surface area contributed by atoms with Crippen LogP contribution < -0.4 is 10.5 Å². The minimum absolute atomic E-state index is 0.0160. The molecular weight excluding hydrogens is 328 g/mol. The molecule has 0 amide bonds. The molecule has 1 atom stereocenters. The molecule has 0 fully saturated rings. The molecule has 4 nitrogen and oxygen atoms in total. The van der Waals surface area contributed by atoms with E-state index in [9.17, 15) is 8.42 Å². The van der Waals surface area contributed by atoms with Gasteiger partial charge in [0.25, 0.3) is 0 Å². The quantitative estimate of drug-likeness (QED) is 0.812. The van der Waals surface area contributed by atoms with Crippen molar-refractivity contribution in [2.45, 2.75) is 31.2 Å². The summed E-state index contributed by atoms with van der Waals surface area (Å²) < 4.78 is 27.8. The molecule has 0 aliphatic rings. The van der Waals surface area contributed by atoms with Gasteiger partial charge in [-0.25, -0.2) is 13.1 Å². The molecule has 0 spiro atoms. The number of hydrogen-bond acceptors (Lipinski definition) is 4. The lowest BCUT2D eigenvalue weighted by molar-refractivity contribution is 0.553. The predicted octanol–water partition coefficient (Wildman–Crippen LogP) is 3.72. The third kappa shape index (κ3) is 3.58. The number of anilines is 1. The average molecular weight is 345 g/mol. The molecule has 0 aliphatic heterocycles. The lowest BCUT2D eigenvalue weighted by atomic mass is 10.2. The van der Waals surface area contributed by atoms with Gasteiger partial charge >= 0.3 is 0 Å². The van der Waals surface area contributed by atoms with E-state index in [1.165, 1.54) is 17.4 Å². The van der Waals surface area contributed by atoms with Crippen molar-refractivity contribution in [3.8, 4) is 0 Å². The number of aryl methyl sites for hydroxylation is 1. The normalized spacial score (nSPS) is 13.3. The first-order chi connectivity index (χ1) is 9.85. The fraction of sp³-hybridized carbons (Fsp3) is 0.286. The van der Waals surface area contributed by atoms with Gasteiger partial charge < -0.3 is 5.73 Å². The van der Waals surface area contributed by atoms with Crippen molar-refractivity contribution in [3.05, 3.63) is 45.1 Å². The Morgan fingerprint density at radius 1 is 1.43 bits per heavy atom. The molecule has 2 aromatic rings. The van der Waals surface area contributed by atoms with Gasteiger partial charge in [-0.1, -0.05) is 24.6 Å². The first-order valence-corrected chi connectivity index (χ1v) is 9.20. The third-order valence-corrected chi connectivity index (χ3v) is 6.12. The first-order valence-electron chi connectivity index (χ1n) is 6.46. The lowest BCUT2D eigenvalue weighted by Gasteiger charge is -2.17. The number of hydrogen-bond donors (Lipinski definition) is 2. The van der Waals surface area contributed by atoms with E-state index in [1.807, 2.05) is 24.4 Å². The Labute approximate surface area is 134 Å². The maximum Gasteiger partial charge on any atom is 0.242 e. The van der Waals surface area contributed by atoms with Crippen LogP contribution in [0.2, 0.25) is 5.02 Å². The van der Waals surface area contributed by atoms with Crippen LogP contribution in [0.1, 0.15) is 29.8 Å². The largest absolute Gasteiger partial charge is 0.398 e. The van der Waals surface area contributed by atoms with Crippen LogP contribution in [0.3, 0.4) is 0 Å². The molecule has 0 radical (unpaired) electrons. The molecule has 21 heavy (non-hydrogen) atoms. The van der Waals surface area contributed by atoms with Crippen molar-refractivity contribution in [1.29, 1.82) is 0 Å². The molecular formula is C14H17ClN2O2S2. The molecule has 7 heteroatoms. The smallest absolute Gasteiger partial charge is 0.242 e. The van der Waals surface area contributed by atoms with E-state index in [-0.39, 0.29) is 16.0 Å². The Bertz CT molecular complexity index is 728. The Balaban J connectivity index is 2.36. The maximum atomic E-state index is 12.5. The highest BCUT2D eigenvalue weighted by atomic mass is 35.5. The average Bonchev–Trinajstić information content (AvgIpc) is 2.94. The summed E-state index contributed by atoms with van der Waals surface area (Å²) in [6.45, 7) is 3.71. The van der Waals surface area contributed by atoms with Crippen LogP contribution in [0.5, 0.6) is 0 Å². The number of rotatable bonds is 5. The SMILES string of the molecule is CCC(NS(=O)(=O)c1cc(N)c(C)cc1Cl)c1cccs1. The van der Waals surface area contributed by atoms with Crippen molar-refractivity contribution < 1.29 is 8.42 Å². The number of nitrogen functional groups attached to an aromatic ring is 1. The van der Waals surface area contributed by atoms with Gasteiger partial charge in [0.15, 0.2) is 0 Å². The summed E-state index contributed by atoms with van der Waals surface area (Å²) in [7, 11) is -3.72. The van der Waals surface area contributed by atoms with E-state index in [0.29, 0.717) is 12.1 Å². The number of halogens is 1. The minimum Gasteiger partial charge on any atom is -0.398 e. The molecule has 0 saturated carbocycles.